The van der Waals surface area contributed by atoms with Crippen LogP contribution in [0.5, 0.6) is 0 Å². The predicted molar refractivity (Wildman–Crippen MR) is 109 cm³/mol. The summed E-state index contributed by atoms with van der Waals surface area (Å²) < 4.78 is 24.2. The zero-order chi connectivity index (χ0) is 20.3. The number of anilines is 1. The quantitative estimate of drug-likeness (QED) is 0.585. The lowest BCUT2D eigenvalue weighted by molar-refractivity contribution is -0.385. The number of sulfone groups is 1. The third-order valence-corrected chi connectivity index (χ3v) is 6.43. The van der Waals surface area contributed by atoms with Gasteiger partial charge in [0.25, 0.3) is 5.69 Å². The van der Waals surface area contributed by atoms with Crippen molar-refractivity contribution < 1.29 is 13.3 Å². The van der Waals surface area contributed by atoms with Gasteiger partial charge < -0.3 is 5.32 Å². The molecular weight excluding hydrogens is 378 g/mol. The molecule has 2 aromatic carbocycles. The number of nitro groups is 1. The fraction of sp³-hybridized carbons (Fsp3) is 0.400. The lowest BCUT2D eigenvalue weighted by atomic mass is 10.00. The van der Waals surface area contributed by atoms with Gasteiger partial charge in [-0.2, -0.15) is 0 Å². The third-order valence-electron chi connectivity index (χ3n) is 5.29. The summed E-state index contributed by atoms with van der Waals surface area (Å²) in [6.07, 6.45) is 2.82. The Morgan fingerprint density at radius 3 is 2.36 bits per heavy atom. The van der Waals surface area contributed by atoms with Crippen molar-refractivity contribution in [3.05, 3.63) is 64.2 Å². The molecule has 8 heteroatoms. The van der Waals surface area contributed by atoms with Crippen LogP contribution < -0.4 is 5.32 Å². The Morgan fingerprint density at radius 1 is 1.14 bits per heavy atom. The van der Waals surface area contributed by atoms with Gasteiger partial charge in [0, 0.05) is 43.6 Å². The van der Waals surface area contributed by atoms with Gasteiger partial charge in [-0.05, 0) is 31.4 Å². The molecule has 28 heavy (non-hydrogen) atoms. The summed E-state index contributed by atoms with van der Waals surface area (Å²) in [4.78, 5) is 12.8. The number of nitrogens with zero attached hydrogens (tertiary/aromatic N) is 2. The molecule has 0 spiro atoms. The molecule has 1 unspecified atom stereocenters. The second-order valence-corrected chi connectivity index (χ2v) is 9.24. The molecule has 0 aromatic heterocycles. The van der Waals surface area contributed by atoms with Crippen LogP contribution in [0.25, 0.3) is 0 Å². The van der Waals surface area contributed by atoms with E-state index in [1.54, 1.807) is 0 Å². The number of hydrogen-bond donors (Lipinski definition) is 1. The first-order chi connectivity index (χ1) is 13.3. The average molecular weight is 404 g/mol. The summed E-state index contributed by atoms with van der Waals surface area (Å²) >= 11 is 0. The van der Waals surface area contributed by atoms with Crippen molar-refractivity contribution in [2.24, 2.45) is 0 Å². The van der Waals surface area contributed by atoms with Crippen molar-refractivity contribution in [3.63, 3.8) is 0 Å². The third kappa shape index (κ3) is 4.69. The van der Waals surface area contributed by atoms with Crippen LogP contribution in [-0.2, 0) is 9.84 Å². The molecule has 1 aliphatic heterocycles. The minimum atomic E-state index is -3.58. The fourth-order valence-corrected chi connectivity index (χ4v) is 4.51. The monoisotopic (exact) mass is 403 g/mol. The van der Waals surface area contributed by atoms with Gasteiger partial charge in [0.15, 0.2) is 9.84 Å². The molecule has 1 saturated heterocycles. The van der Waals surface area contributed by atoms with Gasteiger partial charge in [0.05, 0.1) is 15.5 Å². The van der Waals surface area contributed by atoms with Crippen LogP contribution in [0.2, 0.25) is 0 Å². The molecule has 1 N–H and O–H groups in total. The van der Waals surface area contributed by atoms with Crippen LogP contribution in [0.1, 0.15) is 31.4 Å². The van der Waals surface area contributed by atoms with E-state index in [1.807, 2.05) is 18.2 Å². The lowest BCUT2D eigenvalue weighted by Crippen LogP contribution is -2.40. The number of nitrogens with one attached hydrogen (secondary N) is 1. The summed E-state index contributed by atoms with van der Waals surface area (Å²) in [6, 6.07) is 14.8. The molecule has 1 fully saturated rings. The normalized spacial score (nSPS) is 17.2. The van der Waals surface area contributed by atoms with E-state index in [0.29, 0.717) is 11.7 Å². The van der Waals surface area contributed by atoms with Crippen LogP contribution in [0.4, 0.5) is 11.4 Å². The van der Waals surface area contributed by atoms with E-state index in [9.17, 15) is 18.5 Å². The highest BCUT2D eigenvalue weighted by Crippen LogP contribution is 2.30. The standard InChI is InChI=1S/C20H25N3O4S/c1-15(16-6-4-3-5-7-16)22-12-10-17(11-13-22)21-19-9-8-18(23(24)25)14-20(19)28(2,26)27/h3-9,14-15,17,21H,10-13H2,1-2H3. The molecule has 0 amide bonds. The number of hydrogen-bond acceptors (Lipinski definition) is 6. The average Bonchev–Trinajstić information content (AvgIpc) is 2.68. The topological polar surface area (TPSA) is 92.5 Å². The molecule has 0 bridgehead atoms. The van der Waals surface area contributed by atoms with E-state index in [1.165, 1.54) is 17.7 Å². The fourth-order valence-electron chi connectivity index (χ4n) is 3.64. The van der Waals surface area contributed by atoms with Gasteiger partial charge in [-0.15, -0.1) is 0 Å². The van der Waals surface area contributed by atoms with Crippen molar-refractivity contribution in [1.82, 2.24) is 4.90 Å². The highest BCUT2D eigenvalue weighted by Gasteiger charge is 2.25. The maximum Gasteiger partial charge on any atom is 0.270 e. The number of benzene rings is 2. The van der Waals surface area contributed by atoms with Crippen LogP contribution in [0.3, 0.4) is 0 Å². The molecule has 150 valence electrons. The van der Waals surface area contributed by atoms with Crippen molar-refractivity contribution in [2.45, 2.75) is 36.7 Å². The van der Waals surface area contributed by atoms with E-state index in [-0.39, 0.29) is 16.6 Å². The minimum absolute atomic E-state index is 0.0261. The van der Waals surface area contributed by atoms with Crippen LogP contribution >= 0.6 is 0 Å². The predicted octanol–water partition coefficient (Wildman–Crippen LogP) is 3.64. The Balaban J connectivity index is 1.69. The van der Waals surface area contributed by atoms with Crippen molar-refractivity contribution in [1.29, 1.82) is 0 Å². The number of piperidine rings is 1. The molecule has 0 aliphatic carbocycles. The number of non-ortho nitro benzene ring substituents is 1. The molecule has 0 saturated carbocycles. The van der Waals surface area contributed by atoms with Gasteiger partial charge in [0.1, 0.15) is 0 Å². The Morgan fingerprint density at radius 2 is 1.79 bits per heavy atom. The zero-order valence-corrected chi connectivity index (χ0v) is 16.9. The summed E-state index contributed by atoms with van der Waals surface area (Å²) in [5, 5.41) is 14.3. The van der Waals surface area contributed by atoms with E-state index in [0.717, 1.165) is 38.3 Å². The number of nitro benzene ring substituents is 1. The van der Waals surface area contributed by atoms with Gasteiger partial charge in [-0.1, -0.05) is 30.3 Å². The van der Waals surface area contributed by atoms with Crippen LogP contribution in [0, 0.1) is 10.1 Å². The van der Waals surface area contributed by atoms with Crippen LogP contribution in [0.15, 0.2) is 53.4 Å². The molecule has 1 atom stereocenters. The second kappa shape index (κ2) is 8.28. The smallest absolute Gasteiger partial charge is 0.270 e. The van der Waals surface area contributed by atoms with Gasteiger partial charge >= 0.3 is 0 Å². The van der Waals surface area contributed by atoms with Gasteiger partial charge in [0.2, 0.25) is 0 Å². The van der Waals surface area contributed by atoms with E-state index >= 15 is 0 Å². The zero-order valence-electron chi connectivity index (χ0n) is 16.0. The molecule has 2 aromatic rings. The first-order valence-electron chi connectivity index (χ1n) is 9.30. The highest BCUT2D eigenvalue weighted by molar-refractivity contribution is 7.90. The summed E-state index contributed by atoms with van der Waals surface area (Å²) in [7, 11) is -3.58. The Bertz CT molecular complexity index is 939. The summed E-state index contributed by atoms with van der Waals surface area (Å²) in [5.41, 5.74) is 1.49. The Labute approximate surface area is 165 Å². The molecular formula is C20H25N3O4S. The molecule has 0 radical (unpaired) electrons. The lowest BCUT2D eigenvalue weighted by Gasteiger charge is -2.37. The molecule has 1 heterocycles. The molecule has 7 nitrogen and oxygen atoms in total. The van der Waals surface area contributed by atoms with E-state index in [4.69, 9.17) is 0 Å². The van der Waals surface area contributed by atoms with Gasteiger partial charge in [-0.3, -0.25) is 15.0 Å². The van der Waals surface area contributed by atoms with Crippen LogP contribution in [-0.4, -0.2) is 43.6 Å². The highest BCUT2D eigenvalue weighted by atomic mass is 32.2. The van der Waals surface area contributed by atoms with Crippen molar-refractivity contribution in [3.8, 4) is 0 Å². The maximum absolute atomic E-state index is 12.1. The van der Waals surface area contributed by atoms with Crippen molar-refractivity contribution in [2.75, 3.05) is 24.7 Å². The summed E-state index contributed by atoms with van der Waals surface area (Å²) in [6.45, 7) is 3.99. The first-order valence-corrected chi connectivity index (χ1v) is 11.2. The van der Waals surface area contributed by atoms with Crippen molar-refractivity contribution >= 4 is 21.2 Å². The largest absolute Gasteiger partial charge is 0.381 e. The molecule has 1 aliphatic rings. The van der Waals surface area contributed by atoms with E-state index < -0.39 is 14.8 Å². The maximum atomic E-state index is 12.1. The SMILES string of the molecule is CC(c1ccccc1)N1CCC(Nc2ccc([N+](=O)[O-])cc2S(C)(=O)=O)CC1. The second-order valence-electron chi connectivity index (χ2n) is 7.25. The number of likely N-dealkylation sites (tertiary alicyclic amines) is 1. The van der Waals surface area contributed by atoms with E-state index in [2.05, 4.69) is 29.3 Å². The molecule has 3 rings (SSSR count). The Hall–Kier alpha value is -2.45. The minimum Gasteiger partial charge on any atom is -0.381 e. The first kappa shape index (κ1) is 20.3. The van der Waals surface area contributed by atoms with Gasteiger partial charge in [-0.25, -0.2) is 8.42 Å². The Kier molecular flexibility index (Phi) is 6.00. The number of rotatable bonds is 6. The summed E-state index contributed by atoms with van der Waals surface area (Å²) in [5.74, 6) is 0.